The number of phenols is 1. The van der Waals surface area contributed by atoms with Gasteiger partial charge in [-0.3, -0.25) is 38.4 Å². The second-order valence-electron chi connectivity index (χ2n) is 13.8. The third-order valence-corrected chi connectivity index (χ3v) is 8.34. The van der Waals surface area contributed by atoms with Gasteiger partial charge in [-0.05, 0) is 48.4 Å². The summed E-state index contributed by atoms with van der Waals surface area (Å²) in [6.45, 7) is 7.39. The topological polar surface area (TPSA) is 301 Å². The van der Waals surface area contributed by atoms with Crippen LogP contribution < -0.4 is 43.4 Å². The number of rotatable bonds is 21. The lowest BCUT2D eigenvalue weighted by molar-refractivity contribution is -0.141. The van der Waals surface area contributed by atoms with Crippen molar-refractivity contribution in [2.45, 2.75) is 90.1 Å². The van der Waals surface area contributed by atoms with E-state index in [-0.39, 0.29) is 18.6 Å². The lowest BCUT2D eigenvalue weighted by Gasteiger charge is -2.29. The van der Waals surface area contributed by atoms with Crippen LogP contribution in [0, 0.1) is 11.8 Å². The summed E-state index contributed by atoms with van der Waals surface area (Å²) in [6.07, 6.45) is -0.881. The molecule has 2 aromatic carbocycles. The Morgan fingerprint density at radius 1 is 0.600 bits per heavy atom. The van der Waals surface area contributed by atoms with Gasteiger partial charge in [-0.25, -0.2) is 0 Å². The Kier molecular flexibility index (Phi) is 17.7. The highest BCUT2D eigenvalue weighted by molar-refractivity contribution is 5.98. The Morgan fingerprint density at radius 3 is 1.65 bits per heavy atom. The van der Waals surface area contributed by atoms with E-state index in [1.165, 1.54) is 19.1 Å². The number of carboxylic acids is 1. The van der Waals surface area contributed by atoms with Crippen LogP contribution >= 0.6 is 0 Å². The van der Waals surface area contributed by atoms with Crippen molar-refractivity contribution in [1.82, 2.24) is 31.9 Å². The van der Waals surface area contributed by atoms with Crippen molar-refractivity contribution in [2.75, 3.05) is 6.54 Å². The third kappa shape index (κ3) is 15.5. The van der Waals surface area contributed by atoms with Crippen molar-refractivity contribution in [1.29, 1.82) is 0 Å². The summed E-state index contributed by atoms with van der Waals surface area (Å²) in [6, 6.07) is 6.87. The molecule has 0 aliphatic carbocycles. The maximum atomic E-state index is 13.7. The van der Waals surface area contributed by atoms with Gasteiger partial charge < -0.3 is 53.6 Å². The first kappa shape index (κ1) is 45.1. The molecule has 18 nitrogen and oxygen atoms in total. The number of nitrogens with one attached hydrogen (secondary N) is 6. The monoisotopic (exact) mass is 768 g/mol. The first-order valence-corrected chi connectivity index (χ1v) is 17.7. The molecule has 1 unspecified atom stereocenters. The Balaban J connectivity index is 2.23. The molecule has 0 aliphatic heterocycles. The van der Waals surface area contributed by atoms with Crippen molar-refractivity contribution in [3.8, 4) is 5.75 Å². The fraction of sp³-hybridized carbons (Fsp3) is 0.459. The molecule has 55 heavy (non-hydrogen) atoms. The van der Waals surface area contributed by atoms with Crippen molar-refractivity contribution in [3.05, 3.63) is 65.7 Å². The molecule has 12 N–H and O–H groups in total. The zero-order valence-electron chi connectivity index (χ0n) is 31.5. The van der Waals surface area contributed by atoms with E-state index < -0.39 is 108 Å². The zero-order chi connectivity index (χ0) is 41.4. The van der Waals surface area contributed by atoms with Gasteiger partial charge in [0.1, 0.15) is 36.0 Å². The second-order valence-corrected chi connectivity index (χ2v) is 13.8. The summed E-state index contributed by atoms with van der Waals surface area (Å²) in [7, 11) is 0. The van der Waals surface area contributed by atoms with Gasteiger partial charge in [0.2, 0.25) is 41.4 Å². The molecule has 2 rings (SSSR count). The molecule has 0 fully saturated rings. The molecule has 0 aromatic heterocycles. The predicted octanol–water partition coefficient (Wildman–Crippen LogP) is -1.66. The molecule has 0 spiro atoms. The maximum Gasteiger partial charge on any atom is 0.305 e. The van der Waals surface area contributed by atoms with Crippen LogP contribution in [0.5, 0.6) is 5.75 Å². The molecule has 7 amide bonds. The minimum atomic E-state index is -1.72. The van der Waals surface area contributed by atoms with Crippen molar-refractivity contribution in [2.24, 2.45) is 23.3 Å². The standard InChI is InChI=1S/C37H52N8O10/c1-19(2)30(36(54)40-18-28(39)47)45-37(55)31(20(3)4)44-35(53)27(17-29(48)49)43-34(52)26(16-22-9-7-6-8-10-22)42-32(50)21(5)41-33(51)25(38)15-23-11-13-24(46)14-12-23/h6-14,19-21,25-27,30-31,46H,15-18,38H2,1-5H3,(H2,39,47)(H,40,54)(H,41,51)(H,42,50)(H,43,52)(H,44,53)(H,45,55)(H,48,49)/t21-,25+,26+,27+,30+,31?/m1/s1. The van der Waals surface area contributed by atoms with Crippen LogP contribution in [0.2, 0.25) is 0 Å². The Morgan fingerprint density at radius 2 is 1.11 bits per heavy atom. The minimum absolute atomic E-state index is 0.0428. The van der Waals surface area contributed by atoms with E-state index in [9.17, 15) is 48.6 Å². The maximum absolute atomic E-state index is 13.7. The van der Waals surface area contributed by atoms with Crippen LogP contribution in [-0.4, -0.2) is 100 Å². The van der Waals surface area contributed by atoms with Gasteiger partial charge in [0.05, 0.1) is 19.0 Å². The smallest absolute Gasteiger partial charge is 0.305 e. The molecule has 0 bridgehead atoms. The van der Waals surface area contributed by atoms with Gasteiger partial charge in [-0.1, -0.05) is 70.2 Å². The van der Waals surface area contributed by atoms with E-state index in [0.717, 1.165) is 0 Å². The van der Waals surface area contributed by atoms with Gasteiger partial charge in [0, 0.05) is 6.42 Å². The third-order valence-electron chi connectivity index (χ3n) is 8.34. The van der Waals surface area contributed by atoms with Gasteiger partial charge in [0.25, 0.3) is 0 Å². The molecule has 300 valence electrons. The summed E-state index contributed by atoms with van der Waals surface area (Å²) >= 11 is 0. The van der Waals surface area contributed by atoms with Crippen LogP contribution in [0.4, 0.5) is 0 Å². The molecule has 0 heterocycles. The summed E-state index contributed by atoms with van der Waals surface area (Å²) in [5, 5.41) is 33.9. The van der Waals surface area contributed by atoms with Crippen LogP contribution in [0.3, 0.4) is 0 Å². The lowest BCUT2D eigenvalue weighted by Crippen LogP contribution is -2.61. The predicted molar refractivity (Wildman–Crippen MR) is 199 cm³/mol. The van der Waals surface area contributed by atoms with Gasteiger partial charge in [0.15, 0.2) is 0 Å². The number of hydrogen-bond acceptors (Lipinski definition) is 10. The number of primary amides is 1. The second kappa shape index (κ2) is 21.6. The molecular weight excluding hydrogens is 716 g/mol. The minimum Gasteiger partial charge on any atom is -0.508 e. The van der Waals surface area contributed by atoms with Gasteiger partial charge in [-0.15, -0.1) is 0 Å². The largest absolute Gasteiger partial charge is 0.508 e. The molecule has 0 saturated carbocycles. The number of aliphatic carboxylic acids is 1. The number of hydrogen-bond donors (Lipinski definition) is 10. The van der Waals surface area contributed by atoms with E-state index in [1.807, 2.05) is 0 Å². The quantitative estimate of drug-likeness (QED) is 0.0685. The Hall–Kier alpha value is -6.04. The lowest BCUT2D eigenvalue weighted by atomic mass is 9.99. The summed E-state index contributed by atoms with van der Waals surface area (Å²) in [5.41, 5.74) is 12.4. The number of carbonyl (C=O) groups is 8. The van der Waals surface area contributed by atoms with Crippen molar-refractivity contribution in [3.63, 3.8) is 0 Å². The molecule has 2 aromatic rings. The van der Waals surface area contributed by atoms with Crippen LogP contribution in [0.1, 0.15) is 52.2 Å². The highest BCUT2D eigenvalue weighted by Gasteiger charge is 2.35. The van der Waals surface area contributed by atoms with Crippen molar-refractivity contribution < 1.29 is 48.6 Å². The number of carboxylic acid groups (broad SMARTS) is 1. The van der Waals surface area contributed by atoms with E-state index in [2.05, 4.69) is 31.9 Å². The van der Waals surface area contributed by atoms with Crippen LogP contribution in [-0.2, 0) is 51.2 Å². The average molecular weight is 769 g/mol. The number of aromatic hydroxyl groups is 1. The van der Waals surface area contributed by atoms with Crippen molar-refractivity contribution >= 4 is 47.3 Å². The molecule has 18 heteroatoms. The Bertz CT molecular complexity index is 1670. The molecule has 0 saturated heterocycles. The molecular formula is C37H52N8O10. The Labute approximate surface area is 318 Å². The molecule has 6 atom stereocenters. The molecule has 0 aliphatic rings. The first-order chi connectivity index (χ1) is 25.8. The van der Waals surface area contributed by atoms with E-state index >= 15 is 0 Å². The zero-order valence-corrected chi connectivity index (χ0v) is 31.5. The number of nitrogens with two attached hydrogens (primary N) is 2. The van der Waals surface area contributed by atoms with E-state index in [0.29, 0.717) is 11.1 Å². The fourth-order valence-corrected chi connectivity index (χ4v) is 5.23. The van der Waals surface area contributed by atoms with Crippen LogP contribution in [0.25, 0.3) is 0 Å². The summed E-state index contributed by atoms with van der Waals surface area (Å²) in [5.74, 6) is -8.12. The van der Waals surface area contributed by atoms with Gasteiger partial charge in [-0.2, -0.15) is 0 Å². The average Bonchev–Trinajstić information content (AvgIpc) is 3.11. The highest BCUT2D eigenvalue weighted by atomic mass is 16.4. The number of phenolic OH excluding ortho intramolecular Hbond substituents is 1. The van der Waals surface area contributed by atoms with Crippen LogP contribution in [0.15, 0.2) is 54.6 Å². The SMILES string of the molecule is CC(C)C(NC(=O)[C@H](CC(=O)O)NC(=O)[C@H](Cc1ccccc1)NC(=O)[C@@H](C)NC(=O)[C@@H](N)Cc1ccc(O)cc1)C(=O)N[C@H](C(=O)NCC(N)=O)C(C)C. The molecule has 0 radical (unpaired) electrons. The summed E-state index contributed by atoms with van der Waals surface area (Å²) < 4.78 is 0. The normalized spacial score (nSPS) is 14.3. The van der Waals surface area contributed by atoms with E-state index in [1.54, 1.807) is 70.2 Å². The highest BCUT2D eigenvalue weighted by Crippen LogP contribution is 2.12. The number of amides is 7. The number of benzene rings is 2. The first-order valence-electron chi connectivity index (χ1n) is 17.7. The van der Waals surface area contributed by atoms with E-state index in [4.69, 9.17) is 11.5 Å². The summed E-state index contributed by atoms with van der Waals surface area (Å²) in [4.78, 5) is 102. The number of carbonyl (C=O) groups excluding carboxylic acids is 7. The fourth-order valence-electron chi connectivity index (χ4n) is 5.23. The van der Waals surface area contributed by atoms with Gasteiger partial charge >= 0.3 is 5.97 Å².